The summed E-state index contributed by atoms with van der Waals surface area (Å²) in [6.07, 6.45) is 0. The second-order valence-electron chi connectivity index (χ2n) is 3.73. The van der Waals surface area contributed by atoms with Gasteiger partial charge in [0.25, 0.3) is 0 Å². The van der Waals surface area contributed by atoms with Gasteiger partial charge in [0.1, 0.15) is 0 Å². The van der Waals surface area contributed by atoms with Gasteiger partial charge in [-0.05, 0) is 17.8 Å². The van der Waals surface area contributed by atoms with E-state index in [4.69, 9.17) is 11.5 Å². The monoisotopic (exact) mass is 142 g/mol. The fourth-order valence-electron chi connectivity index (χ4n) is 1.92. The van der Waals surface area contributed by atoms with Crippen molar-refractivity contribution in [2.24, 2.45) is 29.2 Å². The summed E-state index contributed by atoms with van der Waals surface area (Å²) in [5.41, 5.74) is 11.8. The topological polar surface area (TPSA) is 52.0 Å². The zero-order valence-electron chi connectivity index (χ0n) is 7.04. The van der Waals surface area contributed by atoms with Crippen LogP contribution in [0, 0.1) is 17.8 Å². The summed E-state index contributed by atoms with van der Waals surface area (Å²) in [7, 11) is 0. The predicted molar refractivity (Wildman–Crippen MR) is 43.4 cm³/mol. The lowest BCUT2D eigenvalue weighted by Gasteiger charge is -2.14. The molecule has 4 unspecified atom stereocenters. The Balaban J connectivity index is 2.68. The molecule has 0 spiro atoms. The first-order chi connectivity index (χ1) is 4.55. The maximum Gasteiger partial charge on any atom is 0.0108 e. The van der Waals surface area contributed by atoms with Gasteiger partial charge in [-0.15, -0.1) is 0 Å². The Labute approximate surface area is 63.0 Å². The van der Waals surface area contributed by atoms with Gasteiger partial charge >= 0.3 is 0 Å². The van der Waals surface area contributed by atoms with E-state index in [-0.39, 0.29) is 0 Å². The van der Waals surface area contributed by atoms with E-state index < -0.39 is 0 Å². The van der Waals surface area contributed by atoms with Gasteiger partial charge in [0.15, 0.2) is 0 Å². The van der Waals surface area contributed by atoms with Crippen LogP contribution in [0.5, 0.6) is 0 Å². The molecule has 0 bridgehead atoms. The molecule has 0 aromatic carbocycles. The summed E-state index contributed by atoms with van der Waals surface area (Å²) in [5.74, 6) is 1.67. The fraction of sp³-hybridized carbons (Fsp3) is 1.00. The van der Waals surface area contributed by atoms with Gasteiger partial charge in [-0.25, -0.2) is 0 Å². The molecule has 1 aliphatic rings. The summed E-state index contributed by atoms with van der Waals surface area (Å²) in [5, 5.41) is 0. The van der Waals surface area contributed by atoms with Gasteiger partial charge in [0, 0.05) is 12.1 Å². The molecule has 0 aromatic heterocycles. The van der Waals surface area contributed by atoms with Crippen molar-refractivity contribution in [2.75, 3.05) is 0 Å². The summed E-state index contributed by atoms with van der Waals surface area (Å²) >= 11 is 0. The van der Waals surface area contributed by atoms with E-state index >= 15 is 0 Å². The number of hydrogen-bond acceptors (Lipinski definition) is 2. The quantitative estimate of drug-likeness (QED) is 0.519. The van der Waals surface area contributed by atoms with Crippen LogP contribution in [0.4, 0.5) is 0 Å². The van der Waals surface area contributed by atoms with Crippen LogP contribution in [0.25, 0.3) is 0 Å². The average Bonchev–Trinajstić information content (AvgIpc) is 2.07. The van der Waals surface area contributed by atoms with Crippen molar-refractivity contribution in [3.8, 4) is 0 Å². The first-order valence-corrected chi connectivity index (χ1v) is 4.07. The van der Waals surface area contributed by atoms with Crippen molar-refractivity contribution in [1.29, 1.82) is 0 Å². The van der Waals surface area contributed by atoms with Crippen molar-refractivity contribution >= 4 is 0 Å². The first kappa shape index (κ1) is 8.02. The lowest BCUT2D eigenvalue weighted by atomic mass is 9.97. The highest BCUT2D eigenvalue weighted by Crippen LogP contribution is 2.33. The van der Waals surface area contributed by atoms with E-state index in [0.717, 1.165) is 0 Å². The van der Waals surface area contributed by atoms with Crippen LogP contribution in [0.1, 0.15) is 20.8 Å². The summed E-state index contributed by atoms with van der Waals surface area (Å²) in [4.78, 5) is 0. The lowest BCUT2D eigenvalue weighted by molar-refractivity contribution is 0.401. The van der Waals surface area contributed by atoms with E-state index in [1.807, 2.05) is 0 Å². The summed E-state index contributed by atoms with van der Waals surface area (Å²) in [6.45, 7) is 6.53. The average molecular weight is 142 g/mol. The van der Waals surface area contributed by atoms with Gasteiger partial charge in [0.05, 0.1) is 0 Å². The third-order valence-electron chi connectivity index (χ3n) is 3.26. The van der Waals surface area contributed by atoms with Gasteiger partial charge in [-0.3, -0.25) is 0 Å². The highest BCUT2D eigenvalue weighted by atomic mass is 14.8. The molecule has 60 valence electrons. The summed E-state index contributed by atoms with van der Waals surface area (Å²) in [6, 6.07) is 0.620. The SMILES string of the molecule is CC1C(C)C(N)C(C)C1N. The van der Waals surface area contributed by atoms with E-state index in [9.17, 15) is 0 Å². The fourth-order valence-corrected chi connectivity index (χ4v) is 1.92. The third kappa shape index (κ3) is 0.956. The number of nitrogens with two attached hydrogens (primary N) is 2. The number of rotatable bonds is 0. The van der Waals surface area contributed by atoms with Crippen LogP contribution in [0.2, 0.25) is 0 Å². The molecule has 0 aromatic rings. The smallest absolute Gasteiger partial charge is 0.0108 e. The van der Waals surface area contributed by atoms with E-state index in [1.165, 1.54) is 0 Å². The van der Waals surface area contributed by atoms with Gasteiger partial charge in [0.2, 0.25) is 0 Å². The molecule has 0 aliphatic heterocycles. The maximum absolute atomic E-state index is 5.92. The molecule has 2 heteroatoms. The Morgan fingerprint density at radius 3 is 1.10 bits per heavy atom. The van der Waals surface area contributed by atoms with E-state index in [2.05, 4.69) is 20.8 Å². The molecule has 0 saturated heterocycles. The van der Waals surface area contributed by atoms with Crippen LogP contribution in [-0.2, 0) is 0 Å². The molecule has 1 aliphatic carbocycles. The molecule has 1 fully saturated rings. The Hall–Kier alpha value is -0.0800. The lowest BCUT2D eigenvalue weighted by Crippen LogP contribution is -2.34. The minimum absolute atomic E-state index is 0.310. The molecule has 0 amide bonds. The molecule has 1 rings (SSSR count). The van der Waals surface area contributed by atoms with Crippen LogP contribution in [-0.4, -0.2) is 12.1 Å². The van der Waals surface area contributed by atoms with Crippen molar-refractivity contribution in [2.45, 2.75) is 32.9 Å². The molecule has 4 atom stereocenters. The zero-order chi connectivity index (χ0) is 7.89. The highest BCUT2D eigenvalue weighted by molar-refractivity contribution is 4.96. The standard InChI is InChI=1S/C8H18N2/c1-4-5(2)8(10)6(3)7(4)9/h4-8H,9-10H2,1-3H3. The molecule has 1 saturated carbocycles. The molecular formula is C8H18N2. The molecule has 0 radical (unpaired) electrons. The normalized spacial score (nSPS) is 55.5. The first-order valence-electron chi connectivity index (χ1n) is 4.07. The van der Waals surface area contributed by atoms with Gasteiger partial charge < -0.3 is 11.5 Å². The van der Waals surface area contributed by atoms with Crippen molar-refractivity contribution < 1.29 is 0 Å². The summed E-state index contributed by atoms with van der Waals surface area (Å²) < 4.78 is 0. The van der Waals surface area contributed by atoms with Crippen molar-refractivity contribution in [3.05, 3.63) is 0 Å². The predicted octanol–water partition coefficient (Wildman–Crippen LogP) is 0.563. The Morgan fingerprint density at radius 2 is 1.00 bits per heavy atom. The van der Waals surface area contributed by atoms with Crippen LogP contribution in [0.3, 0.4) is 0 Å². The van der Waals surface area contributed by atoms with E-state index in [1.54, 1.807) is 0 Å². The van der Waals surface area contributed by atoms with Crippen molar-refractivity contribution in [1.82, 2.24) is 0 Å². The molecule has 10 heavy (non-hydrogen) atoms. The van der Waals surface area contributed by atoms with Gasteiger partial charge in [-0.2, -0.15) is 0 Å². The zero-order valence-corrected chi connectivity index (χ0v) is 7.04. The van der Waals surface area contributed by atoms with Crippen LogP contribution < -0.4 is 11.5 Å². The molecule has 2 nitrogen and oxygen atoms in total. The third-order valence-corrected chi connectivity index (χ3v) is 3.26. The number of hydrogen-bond donors (Lipinski definition) is 2. The minimum Gasteiger partial charge on any atom is -0.327 e. The van der Waals surface area contributed by atoms with Crippen LogP contribution in [0.15, 0.2) is 0 Å². The van der Waals surface area contributed by atoms with Gasteiger partial charge in [-0.1, -0.05) is 20.8 Å². The Morgan fingerprint density at radius 1 is 0.700 bits per heavy atom. The minimum atomic E-state index is 0.310. The maximum atomic E-state index is 5.92. The molecule has 4 N–H and O–H groups in total. The van der Waals surface area contributed by atoms with E-state index in [0.29, 0.717) is 29.8 Å². The molecular weight excluding hydrogens is 124 g/mol. The molecule has 0 heterocycles. The largest absolute Gasteiger partial charge is 0.327 e. The highest BCUT2D eigenvalue weighted by Gasteiger charge is 2.39. The second kappa shape index (κ2) is 2.51. The second-order valence-corrected chi connectivity index (χ2v) is 3.73. The van der Waals surface area contributed by atoms with Crippen molar-refractivity contribution in [3.63, 3.8) is 0 Å². The Bertz CT molecular complexity index is 79.6. The Kier molecular flexibility index (Phi) is 2.02. The van der Waals surface area contributed by atoms with Crippen LogP contribution >= 0.6 is 0 Å².